The fourth-order valence-corrected chi connectivity index (χ4v) is 3.96. The molecular formula is C22H20FN5O2. The summed E-state index contributed by atoms with van der Waals surface area (Å²) in [5.74, 6) is -0.365. The first-order chi connectivity index (χ1) is 14.5. The Labute approximate surface area is 171 Å². The minimum absolute atomic E-state index is 0.0221. The van der Waals surface area contributed by atoms with Crippen LogP contribution in [0, 0.1) is 5.82 Å². The maximum atomic E-state index is 14.6. The molecule has 0 atom stereocenters. The summed E-state index contributed by atoms with van der Waals surface area (Å²) in [6.07, 6.45) is 1.01. The van der Waals surface area contributed by atoms with E-state index in [-0.39, 0.29) is 11.4 Å². The lowest BCUT2D eigenvalue weighted by atomic mass is 9.96. The molecule has 0 saturated heterocycles. The number of nitrogens with zero attached hydrogens (tertiary/aromatic N) is 4. The smallest absolute Gasteiger partial charge is 0.273 e. The number of para-hydroxylation sites is 1. The van der Waals surface area contributed by atoms with E-state index in [1.54, 1.807) is 6.07 Å². The zero-order valence-corrected chi connectivity index (χ0v) is 16.6. The Balaban J connectivity index is 1.69. The number of ether oxygens (including phenoxy) is 1. The Kier molecular flexibility index (Phi) is 4.36. The highest BCUT2D eigenvalue weighted by Gasteiger charge is 2.19. The molecule has 3 heterocycles. The third-order valence-corrected chi connectivity index (χ3v) is 5.51. The van der Waals surface area contributed by atoms with Crippen LogP contribution in [0.4, 0.5) is 4.39 Å². The lowest BCUT2D eigenvalue weighted by Gasteiger charge is -2.25. The van der Waals surface area contributed by atoms with Crippen LogP contribution in [0.2, 0.25) is 0 Å². The molecule has 30 heavy (non-hydrogen) atoms. The zero-order valence-electron chi connectivity index (χ0n) is 16.6. The number of hydrogen-bond acceptors (Lipinski definition) is 5. The topological polar surface area (TPSA) is 76.0 Å². The van der Waals surface area contributed by atoms with Gasteiger partial charge in [-0.05, 0) is 42.8 Å². The highest BCUT2D eigenvalue weighted by atomic mass is 19.1. The van der Waals surface area contributed by atoms with E-state index in [4.69, 9.17) is 4.74 Å². The predicted molar refractivity (Wildman–Crippen MR) is 111 cm³/mol. The van der Waals surface area contributed by atoms with E-state index < -0.39 is 11.4 Å². The highest BCUT2D eigenvalue weighted by molar-refractivity contribution is 5.89. The van der Waals surface area contributed by atoms with Gasteiger partial charge in [0.15, 0.2) is 5.82 Å². The van der Waals surface area contributed by atoms with Gasteiger partial charge in [-0.2, -0.15) is 14.9 Å². The van der Waals surface area contributed by atoms with Crippen LogP contribution in [-0.4, -0.2) is 45.6 Å². The van der Waals surface area contributed by atoms with Gasteiger partial charge in [-0.25, -0.2) is 4.39 Å². The molecule has 0 spiro atoms. The average molecular weight is 405 g/mol. The summed E-state index contributed by atoms with van der Waals surface area (Å²) in [4.78, 5) is 14.9. The third-order valence-electron chi connectivity index (χ3n) is 5.51. The Morgan fingerprint density at radius 2 is 2.03 bits per heavy atom. The summed E-state index contributed by atoms with van der Waals surface area (Å²) >= 11 is 0. The van der Waals surface area contributed by atoms with E-state index in [2.05, 4.69) is 39.4 Å². The SMILES string of the molecule is COc1cccc(F)c1-n1nc2c(-c3ccc4c(c3)CN(C)CC4)n[nH]c2cc1=O. The van der Waals surface area contributed by atoms with E-state index in [1.165, 1.54) is 36.4 Å². The number of aromatic amines is 1. The molecule has 5 rings (SSSR count). The zero-order chi connectivity index (χ0) is 20.8. The first kappa shape index (κ1) is 18.5. The molecule has 1 aliphatic heterocycles. The van der Waals surface area contributed by atoms with Crippen molar-refractivity contribution >= 4 is 11.0 Å². The first-order valence-corrected chi connectivity index (χ1v) is 9.67. The van der Waals surface area contributed by atoms with Crippen LogP contribution in [-0.2, 0) is 13.0 Å². The molecule has 8 heteroatoms. The lowest BCUT2D eigenvalue weighted by Crippen LogP contribution is -2.26. The largest absolute Gasteiger partial charge is 0.494 e. The van der Waals surface area contributed by atoms with Crippen LogP contribution in [0.5, 0.6) is 5.75 Å². The van der Waals surface area contributed by atoms with E-state index in [9.17, 15) is 9.18 Å². The number of H-pyrrole nitrogens is 1. The summed E-state index contributed by atoms with van der Waals surface area (Å²) < 4.78 is 20.8. The number of rotatable bonds is 3. The fourth-order valence-electron chi connectivity index (χ4n) is 3.96. The number of hydrogen-bond donors (Lipinski definition) is 1. The van der Waals surface area contributed by atoms with E-state index in [0.29, 0.717) is 16.7 Å². The number of benzene rings is 2. The maximum absolute atomic E-state index is 14.6. The molecule has 1 N–H and O–H groups in total. The van der Waals surface area contributed by atoms with Crippen molar-refractivity contribution in [3.05, 3.63) is 69.8 Å². The van der Waals surface area contributed by atoms with Crippen molar-refractivity contribution in [3.8, 4) is 22.7 Å². The van der Waals surface area contributed by atoms with Crippen molar-refractivity contribution < 1.29 is 9.13 Å². The van der Waals surface area contributed by atoms with Gasteiger partial charge in [-0.3, -0.25) is 9.89 Å². The molecule has 0 saturated carbocycles. The number of fused-ring (bicyclic) bond motifs is 2. The Morgan fingerprint density at radius 3 is 2.87 bits per heavy atom. The molecule has 0 radical (unpaired) electrons. The fraction of sp³-hybridized carbons (Fsp3) is 0.227. The molecule has 0 fully saturated rings. The molecule has 1 aliphatic rings. The second-order valence-corrected chi connectivity index (χ2v) is 7.49. The molecule has 0 bridgehead atoms. The van der Waals surface area contributed by atoms with Gasteiger partial charge in [-0.15, -0.1) is 0 Å². The number of nitrogens with one attached hydrogen (secondary N) is 1. The lowest BCUT2D eigenvalue weighted by molar-refractivity contribution is 0.313. The molecule has 7 nitrogen and oxygen atoms in total. The van der Waals surface area contributed by atoms with E-state index in [1.807, 2.05) is 6.07 Å². The monoisotopic (exact) mass is 405 g/mol. The second kappa shape index (κ2) is 7.07. The Hall–Kier alpha value is -3.52. The van der Waals surface area contributed by atoms with Crippen LogP contribution in [0.1, 0.15) is 11.1 Å². The Morgan fingerprint density at radius 1 is 1.17 bits per heavy atom. The number of methoxy groups -OCH3 is 1. The van der Waals surface area contributed by atoms with Crippen LogP contribution in [0.25, 0.3) is 28.0 Å². The summed E-state index contributed by atoms with van der Waals surface area (Å²) in [5.41, 5.74) is 4.58. The normalized spacial score (nSPS) is 14.1. The minimum Gasteiger partial charge on any atom is -0.494 e. The summed E-state index contributed by atoms with van der Waals surface area (Å²) in [6, 6.07) is 12.0. The van der Waals surface area contributed by atoms with Crippen molar-refractivity contribution in [2.75, 3.05) is 20.7 Å². The first-order valence-electron chi connectivity index (χ1n) is 9.67. The van der Waals surface area contributed by atoms with E-state index >= 15 is 0 Å². The third kappa shape index (κ3) is 2.96. The van der Waals surface area contributed by atoms with Gasteiger partial charge in [0.25, 0.3) is 5.56 Å². The standard InChI is InChI=1S/C22H20FN5O2/c1-27-9-8-13-6-7-14(10-15(13)12-27)20-21-17(24-25-20)11-19(29)28(26-21)22-16(23)4-3-5-18(22)30-2/h3-7,10-11,24H,8-9,12H2,1-2H3. The Bertz CT molecular complexity index is 1330. The molecule has 0 amide bonds. The van der Waals surface area contributed by atoms with Gasteiger partial charge in [0, 0.05) is 24.7 Å². The molecule has 4 aromatic rings. The maximum Gasteiger partial charge on any atom is 0.273 e. The molecule has 2 aromatic carbocycles. The van der Waals surface area contributed by atoms with Crippen LogP contribution >= 0.6 is 0 Å². The predicted octanol–water partition coefficient (Wildman–Crippen LogP) is 2.91. The van der Waals surface area contributed by atoms with Crippen molar-refractivity contribution in [1.29, 1.82) is 0 Å². The molecule has 2 aromatic heterocycles. The van der Waals surface area contributed by atoms with Crippen LogP contribution in [0.3, 0.4) is 0 Å². The minimum atomic E-state index is -0.592. The van der Waals surface area contributed by atoms with E-state index in [0.717, 1.165) is 29.8 Å². The van der Waals surface area contributed by atoms with Gasteiger partial charge < -0.3 is 9.64 Å². The van der Waals surface area contributed by atoms with Crippen LogP contribution < -0.4 is 10.3 Å². The summed E-state index contributed by atoms with van der Waals surface area (Å²) in [6.45, 7) is 1.91. The number of aromatic nitrogens is 4. The number of halogens is 1. The van der Waals surface area contributed by atoms with Gasteiger partial charge in [-0.1, -0.05) is 18.2 Å². The molecule has 0 aliphatic carbocycles. The van der Waals surface area contributed by atoms with Crippen molar-refractivity contribution in [2.45, 2.75) is 13.0 Å². The van der Waals surface area contributed by atoms with Gasteiger partial charge >= 0.3 is 0 Å². The number of likely N-dealkylation sites (N-methyl/N-ethyl adjacent to an activating group) is 1. The highest BCUT2D eigenvalue weighted by Crippen LogP contribution is 2.29. The van der Waals surface area contributed by atoms with Crippen LogP contribution in [0.15, 0.2) is 47.3 Å². The van der Waals surface area contributed by atoms with Gasteiger partial charge in [0.05, 0.1) is 12.6 Å². The summed E-state index contributed by atoms with van der Waals surface area (Å²) in [5, 5.41) is 11.7. The van der Waals surface area contributed by atoms with Gasteiger partial charge in [0.1, 0.15) is 22.6 Å². The van der Waals surface area contributed by atoms with Crippen molar-refractivity contribution in [3.63, 3.8) is 0 Å². The molecule has 152 valence electrons. The van der Waals surface area contributed by atoms with Crippen molar-refractivity contribution in [2.24, 2.45) is 0 Å². The quantitative estimate of drug-likeness (QED) is 0.567. The average Bonchev–Trinajstić information content (AvgIpc) is 3.15. The summed E-state index contributed by atoms with van der Waals surface area (Å²) in [7, 11) is 3.52. The van der Waals surface area contributed by atoms with Crippen molar-refractivity contribution in [1.82, 2.24) is 24.9 Å². The molecule has 0 unspecified atom stereocenters. The molecular weight excluding hydrogens is 385 g/mol. The van der Waals surface area contributed by atoms with Gasteiger partial charge in [0.2, 0.25) is 0 Å². The second-order valence-electron chi connectivity index (χ2n) is 7.49.